The van der Waals surface area contributed by atoms with Crippen molar-refractivity contribution < 1.29 is 29.3 Å². The quantitative estimate of drug-likeness (QED) is 0.448. The van der Waals surface area contributed by atoms with E-state index in [2.05, 4.69) is 22.8 Å². The Labute approximate surface area is 199 Å². The molecule has 0 fully saturated rings. The zero-order valence-electron chi connectivity index (χ0n) is 19.7. The van der Waals surface area contributed by atoms with Gasteiger partial charge in [0.05, 0.1) is 12.5 Å². The third kappa shape index (κ3) is 6.57. The molecule has 0 heterocycles. The van der Waals surface area contributed by atoms with Crippen LogP contribution in [0.15, 0.2) is 48.5 Å². The minimum Gasteiger partial charge on any atom is -0.481 e. The second-order valence-electron chi connectivity index (χ2n) is 9.78. The van der Waals surface area contributed by atoms with E-state index in [1.165, 1.54) is 0 Å². The molecule has 2 aromatic rings. The summed E-state index contributed by atoms with van der Waals surface area (Å²) >= 11 is 0. The van der Waals surface area contributed by atoms with Crippen molar-refractivity contribution in [2.24, 2.45) is 5.41 Å². The van der Waals surface area contributed by atoms with Crippen LogP contribution < -0.4 is 10.6 Å². The van der Waals surface area contributed by atoms with Gasteiger partial charge in [-0.3, -0.25) is 9.59 Å². The molecular weight excluding hydrogens is 436 g/mol. The molecule has 0 saturated heterocycles. The molecule has 0 bridgehead atoms. The summed E-state index contributed by atoms with van der Waals surface area (Å²) in [4.78, 5) is 36.1. The Morgan fingerprint density at radius 3 is 2.09 bits per heavy atom. The molecule has 8 nitrogen and oxygen atoms in total. The molecule has 1 aliphatic carbocycles. The van der Waals surface area contributed by atoms with Crippen LogP contribution in [0.1, 0.15) is 50.7 Å². The molecule has 0 spiro atoms. The van der Waals surface area contributed by atoms with Crippen LogP contribution in [0.4, 0.5) is 4.79 Å². The number of carboxylic acid groups (broad SMARTS) is 1. The fraction of sp³-hybridized carbons (Fsp3) is 0.423. The molecular formula is C26H32N2O6. The Balaban J connectivity index is 1.63. The van der Waals surface area contributed by atoms with Crippen LogP contribution in [-0.4, -0.2) is 53.5 Å². The molecule has 0 saturated carbocycles. The van der Waals surface area contributed by atoms with Gasteiger partial charge in [-0.2, -0.15) is 0 Å². The summed E-state index contributed by atoms with van der Waals surface area (Å²) in [6.45, 7) is 5.71. The Morgan fingerprint density at radius 2 is 1.56 bits per heavy atom. The van der Waals surface area contributed by atoms with Gasteiger partial charge in [0.2, 0.25) is 5.91 Å². The van der Waals surface area contributed by atoms with Gasteiger partial charge < -0.3 is 25.6 Å². The molecule has 0 aliphatic heterocycles. The number of carboxylic acids is 1. The Bertz CT molecular complexity index is 1000. The maximum atomic E-state index is 12.7. The molecule has 0 aromatic heterocycles. The first-order valence-electron chi connectivity index (χ1n) is 11.3. The lowest BCUT2D eigenvalue weighted by Crippen LogP contribution is -2.50. The van der Waals surface area contributed by atoms with Crippen molar-refractivity contribution in [1.82, 2.24) is 10.6 Å². The second-order valence-corrected chi connectivity index (χ2v) is 9.78. The average molecular weight is 469 g/mol. The van der Waals surface area contributed by atoms with E-state index >= 15 is 0 Å². The van der Waals surface area contributed by atoms with E-state index in [0.29, 0.717) is 6.42 Å². The fourth-order valence-electron chi connectivity index (χ4n) is 4.22. The number of carbonyl (C=O) groups is 3. The van der Waals surface area contributed by atoms with Gasteiger partial charge in [0.25, 0.3) is 0 Å². The van der Waals surface area contributed by atoms with E-state index in [1.807, 2.05) is 57.2 Å². The lowest BCUT2D eigenvalue weighted by molar-refractivity contribution is -0.139. The van der Waals surface area contributed by atoms with E-state index in [1.54, 1.807) is 0 Å². The predicted octanol–water partition coefficient (Wildman–Crippen LogP) is 3.28. The standard InChI is InChI=1S/C26H32N2O6/c1-26(2,3)13-22(24(32)27-14-16(29)12-23(30)31)28-25(33)34-15-21-19-10-6-4-8-17(19)18-9-5-7-11-20(18)21/h4-11,16,21-22,29H,12-15H2,1-3H3,(H,27,32)(H,28,33)(H,30,31). The third-order valence-corrected chi connectivity index (χ3v) is 5.69. The Morgan fingerprint density at radius 1 is 1.00 bits per heavy atom. The first-order valence-corrected chi connectivity index (χ1v) is 11.3. The first-order chi connectivity index (χ1) is 16.0. The number of nitrogens with one attached hydrogen (secondary N) is 2. The second kappa shape index (κ2) is 10.7. The minimum atomic E-state index is -1.22. The van der Waals surface area contributed by atoms with Crippen LogP contribution in [-0.2, 0) is 14.3 Å². The monoisotopic (exact) mass is 468 g/mol. The summed E-state index contributed by atoms with van der Waals surface area (Å²) < 4.78 is 5.56. The SMILES string of the molecule is CC(C)(C)CC(NC(=O)OCC1c2ccccc2-c2ccccc21)C(=O)NCC(O)CC(=O)O. The third-order valence-electron chi connectivity index (χ3n) is 5.69. The molecule has 2 unspecified atom stereocenters. The number of aliphatic carboxylic acids is 1. The molecule has 182 valence electrons. The van der Waals surface area contributed by atoms with Crippen LogP contribution in [0.25, 0.3) is 11.1 Å². The van der Waals surface area contributed by atoms with Gasteiger partial charge in [0.1, 0.15) is 12.6 Å². The van der Waals surface area contributed by atoms with Crippen molar-refractivity contribution >= 4 is 18.0 Å². The van der Waals surface area contributed by atoms with Crippen LogP contribution in [0.3, 0.4) is 0 Å². The summed E-state index contributed by atoms with van der Waals surface area (Å²) in [5.41, 5.74) is 4.15. The van der Waals surface area contributed by atoms with E-state index in [9.17, 15) is 19.5 Å². The smallest absolute Gasteiger partial charge is 0.407 e. The van der Waals surface area contributed by atoms with E-state index in [-0.39, 0.29) is 24.5 Å². The maximum Gasteiger partial charge on any atom is 0.407 e. The number of aliphatic hydroxyl groups is 1. The lowest BCUT2D eigenvalue weighted by Gasteiger charge is -2.26. The van der Waals surface area contributed by atoms with E-state index in [4.69, 9.17) is 9.84 Å². The number of carbonyl (C=O) groups excluding carboxylic acids is 2. The number of fused-ring (bicyclic) bond motifs is 3. The highest BCUT2D eigenvalue weighted by atomic mass is 16.5. The molecule has 1 aliphatic rings. The predicted molar refractivity (Wildman–Crippen MR) is 127 cm³/mol. The van der Waals surface area contributed by atoms with Crippen molar-refractivity contribution in [2.45, 2.75) is 51.7 Å². The van der Waals surface area contributed by atoms with Crippen molar-refractivity contribution in [3.05, 3.63) is 59.7 Å². The van der Waals surface area contributed by atoms with Crippen LogP contribution in [0.5, 0.6) is 0 Å². The highest BCUT2D eigenvalue weighted by Crippen LogP contribution is 2.44. The molecule has 2 atom stereocenters. The number of hydrogen-bond acceptors (Lipinski definition) is 5. The van der Waals surface area contributed by atoms with Gasteiger partial charge in [-0.25, -0.2) is 4.79 Å². The number of hydrogen-bond donors (Lipinski definition) is 4. The van der Waals surface area contributed by atoms with Crippen molar-refractivity contribution in [1.29, 1.82) is 0 Å². The maximum absolute atomic E-state index is 12.7. The van der Waals surface area contributed by atoms with Crippen LogP contribution in [0.2, 0.25) is 0 Å². The molecule has 2 aromatic carbocycles. The normalized spacial score (nSPS) is 14.5. The van der Waals surface area contributed by atoms with Gasteiger partial charge in [0, 0.05) is 12.5 Å². The van der Waals surface area contributed by atoms with Crippen LogP contribution >= 0.6 is 0 Å². The minimum absolute atomic E-state index is 0.0980. The number of rotatable bonds is 9. The van der Waals surface area contributed by atoms with Gasteiger partial charge >= 0.3 is 12.1 Å². The molecule has 2 amide bonds. The van der Waals surface area contributed by atoms with Gasteiger partial charge in [-0.05, 0) is 34.1 Å². The average Bonchev–Trinajstić information content (AvgIpc) is 3.08. The van der Waals surface area contributed by atoms with Gasteiger partial charge in [0.15, 0.2) is 0 Å². The number of benzene rings is 2. The molecule has 34 heavy (non-hydrogen) atoms. The number of alkyl carbamates (subject to hydrolysis) is 1. The lowest BCUT2D eigenvalue weighted by atomic mass is 9.88. The number of aliphatic hydroxyl groups excluding tert-OH is 1. The molecule has 8 heteroatoms. The zero-order chi connectivity index (χ0) is 24.9. The Kier molecular flexibility index (Phi) is 7.94. The van der Waals surface area contributed by atoms with Gasteiger partial charge in [-0.1, -0.05) is 69.3 Å². The van der Waals surface area contributed by atoms with Crippen molar-refractivity contribution in [3.63, 3.8) is 0 Å². The summed E-state index contributed by atoms with van der Waals surface area (Å²) in [7, 11) is 0. The highest BCUT2D eigenvalue weighted by Gasteiger charge is 2.31. The topological polar surface area (TPSA) is 125 Å². The highest BCUT2D eigenvalue weighted by molar-refractivity contribution is 5.86. The van der Waals surface area contributed by atoms with Crippen molar-refractivity contribution in [3.8, 4) is 11.1 Å². The largest absolute Gasteiger partial charge is 0.481 e. The number of ether oxygens (including phenoxy) is 1. The fourth-order valence-corrected chi connectivity index (χ4v) is 4.22. The molecule has 0 radical (unpaired) electrons. The Hall–Kier alpha value is -3.39. The van der Waals surface area contributed by atoms with Gasteiger partial charge in [-0.15, -0.1) is 0 Å². The van der Waals surface area contributed by atoms with Crippen LogP contribution in [0, 0.1) is 5.41 Å². The summed E-state index contributed by atoms with van der Waals surface area (Å²) in [5, 5.41) is 23.6. The number of amides is 2. The summed E-state index contributed by atoms with van der Waals surface area (Å²) in [6, 6.07) is 15.1. The van der Waals surface area contributed by atoms with Crippen molar-refractivity contribution in [2.75, 3.05) is 13.2 Å². The first kappa shape index (κ1) is 25.2. The summed E-state index contributed by atoms with van der Waals surface area (Å²) in [5.74, 6) is -1.77. The summed E-state index contributed by atoms with van der Waals surface area (Å²) in [6.07, 6.45) is -2.08. The molecule has 3 rings (SSSR count). The van der Waals surface area contributed by atoms with E-state index in [0.717, 1.165) is 22.3 Å². The zero-order valence-corrected chi connectivity index (χ0v) is 19.7. The molecule has 4 N–H and O–H groups in total. The van der Waals surface area contributed by atoms with E-state index < -0.39 is 36.5 Å².